The summed E-state index contributed by atoms with van der Waals surface area (Å²) < 4.78 is 51.9. The van der Waals surface area contributed by atoms with E-state index in [2.05, 4.69) is 5.32 Å². The SMILES string of the molecule is O=C(NCc1ccccc1F)c1ccccc1-c1ccc(C(F)(F)F)cc1. The third-order valence-corrected chi connectivity index (χ3v) is 4.09. The van der Waals surface area contributed by atoms with Crippen LogP contribution in [-0.4, -0.2) is 5.91 Å². The molecule has 6 heteroatoms. The first-order chi connectivity index (χ1) is 12.9. The molecule has 0 aromatic heterocycles. The highest BCUT2D eigenvalue weighted by atomic mass is 19.4. The van der Waals surface area contributed by atoms with E-state index in [9.17, 15) is 22.4 Å². The van der Waals surface area contributed by atoms with Gasteiger partial charge in [0.2, 0.25) is 0 Å². The van der Waals surface area contributed by atoms with E-state index in [0.29, 0.717) is 22.3 Å². The Balaban J connectivity index is 1.83. The van der Waals surface area contributed by atoms with Crippen molar-refractivity contribution in [1.29, 1.82) is 0 Å². The fourth-order valence-electron chi connectivity index (χ4n) is 2.68. The number of hydrogen-bond acceptors (Lipinski definition) is 1. The molecule has 1 N–H and O–H groups in total. The largest absolute Gasteiger partial charge is 0.416 e. The second-order valence-electron chi connectivity index (χ2n) is 5.89. The van der Waals surface area contributed by atoms with E-state index in [0.717, 1.165) is 12.1 Å². The summed E-state index contributed by atoms with van der Waals surface area (Å²) in [6.45, 7) is 0.00680. The third kappa shape index (κ3) is 4.34. The molecule has 3 aromatic rings. The van der Waals surface area contributed by atoms with Crippen LogP contribution in [0.5, 0.6) is 0 Å². The Hall–Kier alpha value is -3.15. The van der Waals surface area contributed by atoms with Crippen molar-refractivity contribution < 1.29 is 22.4 Å². The zero-order valence-corrected chi connectivity index (χ0v) is 14.1. The maximum Gasteiger partial charge on any atom is 0.416 e. The lowest BCUT2D eigenvalue weighted by Crippen LogP contribution is -2.23. The minimum Gasteiger partial charge on any atom is -0.348 e. The monoisotopic (exact) mass is 373 g/mol. The molecule has 0 atom stereocenters. The number of rotatable bonds is 4. The van der Waals surface area contributed by atoms with E-state index in [1.807, 2.05) is 0 Å². The molecule has 3 aromatic carbocycles. The van der Waals surface area contributed by atoms with Gasteiger partial charge in [-0.25, -0.2) is 4.39 Å². The first-order valence-electron chi connectivity index (χ1n) is 8.14. The van der Waals surface area contributed by atoms with Crippen molar-refractivity contribution >= 4 is 5.91 Å². The van der Waals surface area contributed by atoms with Crippen LogP contribution in [-0.2, 0) is 12.7 Å². The summed E-state index contributed by atoms with van der Waals surface area (Å²) in [6.07, 6.45) is -4.42. The highest BCUT2D eigenvalue weighted by molar-refractivity contribution is 6.00. The number of nitrogens with one attached hydrogen (secondary N) is 1. The van der Waals surface area contributed by atoms with Crippen LogP contribution in [0.3, 0.4) is 0 Å². The minimum atomic E-state index is -4.42. The number of carbonyl (C=O) groups excluding carboxylic acids is 1. The van der Waals surface area contributed by atoms with Gasteiger partial charge in [0.1, 0.15) is 5.82 Å². The van der Waals surface area contributed by atoms with Crippen molar-refractivity contribution in [3.63, 3.8) is 0 Å². The lowest BCUT2D eigenvalue weighted by atomic mass is 9.98. The van der Waals surface area contributed by atoms with Crippen LogP contribution in [0.4, 0.5) is 17.6 Å². The maximum atomic E-state index is 13.7. The zero-order chi connectivity index (χ0) is 19.4. The Morgan fingerprint density at radius 2 is 1.48 bits per heavy atom. The molecule has 3 rings (SSSR count). The number of alkyl halides is 3. The van der Waals surface area contributed by atoms with Crippen LogP contribution in [0.15, 0.2) is 72.8 Å². The molecule has 0 radical (unpaired) electrons. The predicted molar refractivity (Wildman–Crippen MR) is 94.5 cm³/mol. The number of hydrogen-bond donors (Lipinski definition) is 1. The average Bonchev–Trinajstić information content (AvgIpc) is 2.66. The van der Waals surface area contributed by atoms with Gasteiger partial charge >= 0.3 is 6.18 Å². The summed E-state index contributed by atoms with van der Waals surface area (Å²) in [6, 6.07) is 17.3. The fourth-order valence-corrected chi connectivity index (χ4v) is 2.68. The number of halogens is 4. The Morgan fingerprint density at radius 3 is 2.15 bits per heavy atom. The van der Waals surface area contributed by atoms with Gasteiger partial charge in [0, 0.05) is 17.7 Å². The topological polar surface area (TPSA) is 29.1 Å². The van der Waals surface area contributed by atoms with E-state index < -0.39 is 23.5 Å². The summed E-state index contributed by atoms with van der Waals surface area (Å²) in [5.74, 6) is -0.859. The van der Waals surface area contributed by atoms with Gasteiger partial charge in [0.15, 0.2) is 0 Å². The smallest absolute Gasteiger partial charge is 0.348 e. The van der Waals surface area contributed by atoms with E-state index in [1.165, 1.54) is 18.2 Å². The normalized spacial score (nSPS) is 11.3. The molecule has 0 aliphatic rings. The molecule has 0 heterocycles. The summed E-state index contributed by atoms with van der Waals surface area (Å²) in [4.78, 5) is 12.5. The van der Waals surface area contributed by atoms with Gasteiger partial charge in [-0.2, -0.15) is 13.2 Å². The fraction of sp³-hybridized carbons (Fsp3) is 0.0952. The van der Waals surface area contributed by atoms with E-state index in [4.69, 9.17) is 0 Å². The van der Waals surface area contributed by atoms with Crippen molar-refractivity contribution in [2.45, 2.75) is 12.7 Å². The second kappa shape index (κ2) is 7.61. The number of benzene rings is 3. The minimum absolute atomic E-state index is 0.00680. The highest BCUT2D eigenvalue weighted by Crippen LogP contribution is 2.31. The maximum absolute atomic E-state index is 13.7. The molecule has 0 spiro atoms. The average molecular weight is 373 g/mol. The quantitative estimate of drug-likeness (QED) is 0.606. The van der Waals surface area contributed by atoms with Crippen molar-refractivity contribution in [3.05, 3.63) is 95.3 Å². The number of amides is 1. The van der Waals surface area contributed by atoms with Crippen LogP contribution < -0.4 is 5.32 Å². The van der Waals surface area contributed by atoms with E-state index >= 15 is 0 Å². The lowest BCUT2D eigenvalue weighted by Gasteiger charge is -2.12. The summed E-state index contributed by atoms with van der Waals surface area (Å²) in [5.41, 5.74) is 0.871. The van der Waals surface area contributed by atoms with Gasteiger partial charge in [-0.05, 0) is 35.4 Å². The van der Waals surface area contributed by atoms with Gasteiger partial charge in [-0.15, -0.1) is 0 Å². The molecule has 2 nitrogen and oxygen atoms in total. The molecule has 0 saturated carbocycles. The first kappa shape index (κ1) is 18.6. The molecule has 0 saturated heterocycles. The molecule has 0 unspecified atom stereocenters. The molecule has 0 aliphatic carbocycles. The summed E-state index contributed by atoms with van der Waals surface area (Å²) in [7, 11) is 0. The summed E-state index contributed by atoms with van der Waals surface area (Å²) >= 11 is 0. The molecule has 27 heavy (non-hydrogen) atoms. The van der Waals surface area contributed by atoms with Gasteiger partial charge in [-0.1, -0.05) is 48.5 Å². The van der Waals surface area contributed by atoms with Crippen molar-refractivity contribution in [1.82, 2.24) is 5.32 Å². The summed E-state index contributed by atoms with van der Waals surface area (Å²) in [5, 5.41) is 2.64. The zero-order valence-electron chi connectivity index (χ0n) is 14.1. The Bertz CT molecular complexity index is 949. The van der Waals surface area contributed by atoms with Crippen molar-refractivity contribution in [2.75, 3.05) is 0 Å². The van der Waals surface area contributed by atoms with Gasteiger partial charge < -0.3 is 5.32 Å². The van der Waals surface area contributed by atoms with Gasteiger partial charge in [0.25, 0.3) is 5.91 Å². The molecule has 0 bridgehead atoms. The van der Waals surface area contributed by atoms with Crippen LogP contribution in [0.25, 0.3) is 11.1 Å². The van der Waals surface area contributed by atoms with Gasteiger partial charge in [-0.3, -0.25) is 4.79 Å². The Morgan fingerprint density at radius 1 is 0.852 bits per heavy atom. The lowest BCUT2D eigenvalue weighted by molar-refractivity contribution is -0.137. The highest BCUT2D eigenvalue weighted by Gasteiger charge is 2.30. The van der Waals surface area contributed by atoms with E-state index in [-0.39, 0.29) is 6.54 Å². The third-order valence-electron chi connectivity index (χ3n) is 4.09. The van der Waals surface area contributed by atoms with Crippen LogP contribution in [0.1, 0.15) is 21.5 Å². The Labute approximate surface area is 153 Å². The second-order valence-corrected chi connectivity index (χ2v) is 5.89. The standard InChI is InChI=1S/C21H15F4NO/c22-19-8-4-1-5-15(19)13-26-20(27)18-7-3-2-6-17(18)14-9-11-16(12-10-14)21(23,24)25/h1-12H,13H2,(H,26,27). The molecular formula is C21H15F4NO. The van der Waals surface area contributed by atoms with Crippen molar-refractivity contribution in [3.8, 4) is 11.1 Å². The molecule has 1 amide bonds. The molecule has 0 aliphatic heterocycles. The molecular weight excluding hydrogens is 358 g/mol. The van der Waals surface area contributed by atoms with Crippen LogP contribution in [0.2, 0.25) is 0 Å². The van der Waals surface area contributed by atoms with Crippen molar-refractivity contribution in [2.24, 2.45) is 0 Å². The predicted octanol–water partition coefficient (Wildman–Crippen LogP) is 5.44. The van der Waals surface area contributed by atoms with E-state index in [1.54, 1.807) is 42.5 Å². The Kier molecular flexibility index (Phi) is 5.26. The molecule has 0 fully saturated rings. The van der Waals surface area contributed by atoms with Gasteiger partial charge in [0.05, 0.1) is 5.56 Å². The molecule has 138 valence electrons. The van der Waals surface area contributed by atoms with Crippen LogP contribution >= 0.6 is 0 Å². The van der Waals surface area contributed by atoms with Crippen LogP contribution in [0, 0.1) is 5.82 Å². The first-order valence-corrected chi connectivity index (χ1v) is 8.14. The number of carbonyl (C=O) groups is 1.